The molecule has 0 radical (unpaired) electrons. The van der Waals surface area contributed by atoms with Crippen LogP contribution in [0, 0.1) is 5.92 Å². The number of Topliss-reactive ketones (excluding diaryl/α,β-unsaturated/α-hetero) is 1. The summed E-state index contributed by atoms with van der Waals surface area (Å²) in [5, 5.41) is 2.66. The molecule has 2 atom stereocenters. The third-order valence-corrected chi connectivity index (χ3v) is 3.01. The highest BCUT2D eigenvalue weighted by atomic mass is 16.5. The van der Waals surface area contributed by atoms with Crippen LogP contribution in [0.5, 0.6) is 0 Å². The molecule has 0 aliphatic heterocycles. The van der Waals surface area contributed by atoms with Crippen molar-refractivity contribution >= 4 is 11.9 Å². The summed E-state index contributed by atoms with van der Waals surface area (Å²) in [7, 11) is 1.28. The molecule has 0 saturated heterocycles. The van der Waals surface area contributed by atoms with E-state index in [-0.39, 0.29) is 5.78 Å². The molecule has 0 bridgehead atoms. The van der Waals surface area contributed by atoms with Crippen molar-refractivity contribution in [2.75, 3.05) is 7.11 Å². The molecule has 0 spiro atoms. The first-order valence-corrected chi connectivity index (χ1v) is 7.01. The molecule has 0 aromatic carbocycles. The predicted octanol–water partition coefficient (Wildman–Crippen LogP) is 3.74. The zero-order chi connectivity index (χ0) is 17.1. The van der Waals surface area contributed by atoms with Gasteiger partial charge >= 0.3 is 6.09 Å². The zero-order valence-corrected chi connectivity index (χ0v) is 13.8. The van der Waals surface area contributed by atoms with Gasteiger partial charge in [-0.3, -0.25) is 4.79 Å². The summed E-state index contributed by atoms with van der Waals surface area (Å²) < 4.78 is 4.62. The normalized spacial score (nSPS) is 14.6. The molecule has 4 nitrogen and oxygen atoms in total. The number of ketones is 1. The Hall–Kier alpha value is -2.36. The van der Waals surface area contributed by atoms with Crippen LogP contribution in [-0.2, 0) is 9.53 Å². The molecule has 1 amide bonds. The van der Waals surface area contributed by atoms with Crippen molar-refractivity contribution in [1.82, 2.24) is 5.32 Å². The number of hydrogen-bond donors (Lipinski definition) is 1. The quantitative estimate of drug-likeness (QED) is 0.549. The van der Waals surface area contributed by atoms with Crippen molar-refractivity contribution in [1.29, 1.82) is 0 Å². The number of allylic oxidation sites excluding steroid dienone is 6. The van der Waals surface area contributed by atoms with Gasteiger partial charge in [0, 0.05) is 0 Å². The van der Waals surface area contributed by atoms with Crippen LogP contribution < -0.4 is 5.32 Å². The molecule has 120 valence electrons. The van der Waals surface area contributed by atoms with Crippen molar-refractivity contribution in [3.63, 3.8) is 0 Å². The van der Waals surface area contributed by atoms with Crippen LogP contribution in [0.15, 0.2) is 60.8 Å². The molecule has 0 rings (SSSR count). The average Bonchev–Trinajstić information content (AvgIpc) is 2.46. The van der Waals surface area contributed by atoms with E-state index in [4.69, 9.17) is 0 Å². The van der Waals surface area contributed by atoms with E-state index in [9.17, 15) is 9.59 Å². The van der Waals surface area contributed by atoms with Gasteiger partial charge in [0.2, 0.25) is 0 Å². The highest BCUT2D eigenvalue weighted by Crippen LogP contribution is 2.17. The van der Waals surface area contributed by atoms with E-state index in [1.807, 2.05) is 25.2 Å². The molecule has 0 saturated carbocycles. The van der Waals surface area contributed by atoms with Crippen molar-refractivity contribution in [3.8, 4) is 0 Å². The highest BCUT2D eigenvalue weighted by molar-refractivity contribution is 5.83. The van der Waals surface area contributed by atoms with Gasteiger partial charge in [-0.15, -0.1) is 0 Å². The Kier molecular flexibility index (Phi) is 9.27. The minimum Gasteiger partial charge on any atom is -0.453 e. The molecule has 4 heteroatoms. The van der Waals surface area contributed by atoms with Crippen LogP contribution in [0.2, 0.25) is 0 Å². The largest absolute Gasteiger partial charge is 0.453 e. The van der Waals surface area contributed by atoms with Crippen molar-refractivity contribution in [3.05, 3.63) is 60.8 Å². The number of methoxy groups -OCH3 is 1. The topological polar surface area (TPSA) is 55.4 Å². The lowest BCUT2D eigenvalue weighted by molar-refractivity contribution is -0.120. The maximum absolute atomic E-state index is 11.9. The second-order valence-corrected chi connectivity index (χ2v) is 4.85. The maximum atomic E-state index is 11.9. The first-order valence-electron chi connectivity index (χ1n) is 7.01. The van der Waals surface area contributed by atoms with E-state index in [2.05, 4.69) is 23.2 Å². The van der Waals surface area contributed by atoms with Crippen molar-refractivity contribution < 1.29 is 14.3 Å². The second kappa shape index (κ2) is 10.4. The molecule has 22 heavy (non-hydrogen) atoms. The van der Waals surface area contributed by atoms with Gasteiger partial charge < -0.3 is 10.1 Å². The fourth-order valence-corrected chi connectivity index (χ4v) is 1.96. The Bertz CT molecular complexity index is 498. The number of rotatable bonds is 8. The van der Waals surface area contributed by atoms with E-state index in [0.29, 0.717) is 5.57 Å². The van der Waals surface area contributed by atoms with Crippen LogP contribution in [0.4, 0.5) is 4.79 Å². The Morgan fingerprint density at radius 2 is 1.91 bits per heavy atom. The lowest BCUT2D eigenvalue weighted by atomic mass is 9.89. The smallest absolute Gasteiger partial charge is 0.407 e. The molecule has 0 aliphatic rings. The zero-order valence-electron chi connectivity index (χ0n) is 13.8. The molecule has 0 aromatic heterocycles. The number of alkyl carbamates (subject to hydrolysis) is 1. The summed E-state index contributed by atoms with van der Waals surface area (Å²) in [5.74, 6) is -0.584. The lowest BCUT2D eigenvalue weighted by Crippen LogP contribution is -2.42. The number of ether oxygens (including phenoxy) is 1. The summed E-state index contributed by atoms with van der Waals surface area (Å²) in [5.41, 5.74) is 1.54. The lowest BCUT2D eigenvalue weighted by Gasteiger charge is -2.23. The van der Waals surface area contributed by atoms with E-state index in [1.165, 1.54) is 14.0 Å². The monoisotopic (exact) mass is 303 g/mol. The first kappa shape index (κ1) is 19.6. The summed E-state index contributed by atoms with van der Waals surface area (Å²) >= 11 is 0. The number of nitrogens with one attached hydrogen (secondary N) is 1. The third kappa shape index (κ3) is 6.88. The molecule has 0 aliphatic carbocycles. The van der Waals surface area contributed by atoms with Crippen LogP contribution in [-0.4, -0.2) is 25.0 Å². The average molecular weight is 303 g/mol. The Morgan fingerprint density at radius 3 is 2.32 bits per heavy atom. The van der Waals surface area contributed by atoms with Gasteiger partial charge in [-0.05, 0) is 26.3 Å². The van der Waals surface area contributed by atoms with Gasteiger partial charge in [-0.25, -0.2) is 4.79 Å². The second-order valence-electron chi connectivity index (χ2n) is 4.85. The molecular formula is C18H25NO3. The third-order valence-electron chi connectivity index (χ3n) is 3.01. The van der Waals surface area contributed by atoms with E-state index < -0.39 is 18.1 Å². The fourth-order valence-electron chi connectivity index (χ4n) is 1.96. The predicted molar refractivity (Wildman–Crippen MR) is 90.5 cm³/mol. The van der Waals surface area contributed by atoms with Gasteiger partial charge in [-0.2, -0.15) is 0 Å². The highest BCUT2D eigenvalue weighted by Gasteiger charge is 2.26. The molecular weight excluding hydrogens is 278 g/mol. The standard InChI is InChI=1S/C18H25NO3/c1-7-9-10-15(8-2)11-12-16(19-18(21)22-6)17(13(3)4)14(5)20/h7-12,16-17H,2-3H2,1,4-6H3,(H,19,21)/b9-7-,12-11+,15-10+/t16-,17?/m1/s1. The molecule has 0 fully saturated rings. The minimum absolute atomic E-state index is 0.0730. The van der Waals surface area contributed by atoms with Gasteiger partial charge in [-0.1, -0.05) is 55.2 Å². The van der Waals surface area contributed by atoms with Crippen LogP contribution in [0.3, 0.4) is 0 Å². The van der Waals surface area contributed by atoms with Crippen LogP contribution >= 0.6 is 0 Å². The molecule has 0 aromatic rings. The fraction of sp³-hybridized carbons (Fsp3) is 0.333. The van der Waals surface area contributed by atoms with Gasteiger partial charge in [0.1, 0.15) is 5.78 Å². The number of carbonyl (C=O) groups excluding carboxylic acids is 2. The van der Waals surface area contributed by atoms with Gasteiger partial charge in [0.15, 0.2) is 0 Å². The molecule has 0 heterocycles. The molecule has 1 N–H and O–H groups in total. The Balaban J connectivity index is 5.48. The summed E-state index contributed by atoms with van der Waals surface area (Å²) in [6.45, 7) is 12.7. The Labute approximate surface area is 132 Å². The molecule has 1 unspecified atom stereocenters. The van der Waals surface area contributed by atoms with Gasteiger partial charge in [0.05, 0.1) is 19.1 Å². The summed E-state index contributed by atoms with van der Waals surface area (Å²) in [6, 6.07) is -0.531. The van der Waals surface area contributed by atoms with E-state index in [1.54, 1.807) is 25.2 Å². The van der Waals surface area contributed by atoms with Crippen molar-refractivity contribution in [2.24, 2.45) is 5.92 Å². The van der Waals surface area contributed by atoms with Crippen molar-refractivity contribution in [2.45, 2.75) is 26.8 Å². The van der Waals surface area contributed by atoms with E-state index >= 15 is 0 Å². The van der Waals surface area contributed by atoms with Crippen LogP contribution in [0.25, 0.3) is 0 Å². The van der Waals surface area contributed by atoms with Crippen LogP contribution in [0.1, 0.15) is 20.8 Å². The van der Waals surface area contributed by atoms with Gasteiger partial charge in [0.25, 0.3) is 0 Å². The number of carbonyl (C=O) groups is 2. The number of amides is 1. The number of hydrogen-bond acceptors (Lipinski definition) is 3. The first-order chi connectivity index (χ1) is 10.4. The maximum Gasteiger partial charge on any atom is 0.407 e. The summed E-state index contributed by atoms with van der Waals surface area (Å²) in [4.78, 5) is 23.4. The minimum atomic E-state index is -0.597. The summed E-state index contributed by atoms with van der Waals surface area (Å²) in [6.07, 6.45) is 10.3. The van der Waals surface area contributed by atoms with E-state index in [0.717, 1.165) is 5.57 Å². The SMILES string of the molecule is C=CC(/C=C/[C@@H](NC(=O)OC)C(C(=C)C)C(C)=O)=C\C=C/C. The Morgan fingerprint density at radius 1 is 1.27 bits per heavy atom.